The molecule has 0 aromatic rings. The highest BCUT2D eigenvalue weighted by atomic mass is 32.1. The largest absolute Gasteiger partial charge is 0.393 e. The number of methoxy groups -OCH3 is 1. The van der Waals surface area contributed by atoms with Crippen molar-refractivity contribution in [1.82, 2.24) is 5.32 Å². The standard InChI is InChI=1S/C9H18N2O2S/c1-13-7-5-9(12)11-6-3-2-4-8(10)14/h2-7H2,1H3,(H2,10,14)(H,11,12). The Bertz CT molecular complexity index is 186. The molecule has 4 nitrogen and oxygen atoms in total. The maximum atomic E-state index is 11.1. The molecule has 0 atom stereocenters. The molecular formula is C9H18N2O2S. The molecular weight excluding hydrogens is 200 g/mol. The second-order valence-electron chi connectivity index (χ2n) is 3.02. The van der Waals surface area contributed by atoms with Gasteiger partial charge in [0.05, 0.1) is 11.6 Å². The van der Waals surface area contributed by atoms with Gasteiger partial charge < -0.3 is 15.8 Å². The van der Waals surface area contributed by atoms with E-state index in [0.717, 1.165) is 19.3 Å². The zero-order valence-electron chi connectivity index (χ0n) is 8.54. The normalized spacial score (nSPS) is 9.79. The Kier molecular flexibility index (Phi) is 8.47. The highest BCUT2D eigenvalue weighted by Gasteiger charge is 1.99. The minimum Gasteiger partial charge on any atom is -0.393 e. The van der Waals surface area contributed by atoms with Crippen LogP contribution < -0.4 is 11.1 Å². The first-order valence-corrected chi connectivity index (χ1v) is 5.11. The summed E-state index contributed by atoms with van der Waals surface area (Å²) in [7, 11) is 1.58. The summed E-state index contributed by atoms with van der Waals surface area (Å²) in [6.45, 7) is 1.16. The summed E-state index contributed by atoms with van der Waals surface area (Å²) in [6.07, 6.45) is 3.02. The molecule has 82 valence electrons. The van der Waals surface area contributed by atoms with Gasteiger partial charge in [0.15, 0.2) is 0 Å². The molecule has 0 aromatic heterocycles. The average Bonchev–Trinajstić information content (AvgIpc) is 2.13. The molecule has 5 heteroatoms. The Morgan fingerprint density at radius 2 is 2.14 bits per heavy atom. The molecule has 0 aliphatic carbocycles. The molecule has 0 heterocycles. The lowest BCUT2D eigenvalue weighted by Crippen LogP contribution is -2.25. The minimum atomic E-state index is 0.0298. The van der Waals surface area contributed by atoms with E-state index in [1.807, 2.05) is 0 Å². The molecule has 0 aliphatic rings. The predicted molar refractivity (Wildman–Crippen MR) is 60.1 cm³/mol. The number of carbonyl (C=O) groups excluding carboxylic acids is 1. The third-order valence-electron chi connectivity index (χ3n) is 1.71. The zero-order chi connectivity index (χ0) is 10.8. The molecule has 0 aliphatic heterocycles. The van der Waals surface area contributed by atoms with E-state index >= 15 is 0 Å². The van der Waals surface area contributed by atoms with Crippen molar-refractivity contribution in [3.63, 3.8) is 0 Å². The number of thiocarbonyl (C=S) groups is 1. The highest BCUT2D eigenvalue weighted by Crippen LogP contribution is 1.93. The Morgan fingerprint density at radius 1 is 1.43 bits per heavy atom. The molecule has 14 heavy (non-hydrogen) atoms. The van der Waals surface area contributed by atoms with Gasteiger partial charge in [0.1, 0.15) is 0 Å². The fourth-order valence-electron chi connectivity index (χ4n) is 0.935. The number of rotatable bonds is 8. The van der Waals surface area contributed by atoms with Crippen LogP contribution in [0, 0.1) is 0 Å². The summed E-state index contributed by atoms with van der Waals surface area (Å²) in [5.74, 6) is 0.0298. The van der Waals surface area contributed by atoms with E-state index in [2.05, 4.69) is 5.32 Å². The third kappa shape index (κ3) is 9.41. The first-order valence-electron chi connectivity index (χ1n) is 4.70. The van der Waals surface area contributed by atoms with Crippen LogP contribution in [0.1, 0.15) is 25.7 Å². The zero-order valence-corrected chi connectivity index (χ0v) is 9.36. The second-order valence-corrected chi connectivity index (χ2v) is 3.54. The molecule has 0 unspecified atom stereocenters. The Labute approximate surface area is 90.2 Å². The van der Waals surface area contributed by atoms with Gasteiger partial charge in [0.25, 0.3) is 0 Å². The minimum absolute atomic E-state index is 0.0298. The summed E-state index contributed by atoms with van der Waals surface area (Å²) >= 11 is 4.73. The number of nitrogens with one attached hydrogen (secondary N) is 1. The van der Waals surface area contributed by atoms with Gasteiger partial charge in [-0.05, 0) is 19.3 Å². The smallest absolute Gasteiger partial charge is 0.222 e. The summed E-state index contributed by atoms with van der Waals surface area (Å²) in [5, 5.41) is 2.79. The van der Waals surface area contributed by atoms with Crippen molar-refractivity contribution in [3.05, 3.63) is 0 Å². The van der Waals surface area contributed by atoms with Crippen LogP contribution >= 0.6 is 12.2 Å². The van der Waals surface area contributed by atoms with Gasteiger partial charge in [0, 0.05) is 20.1 Å². The molecule has 0 bridgehead atoms. The predicted octanol–water partition coefficient (Wildman–Crippen LogP) is 0.595. The van der Waals surface area contributed by atoms with Crippen molar-refractivity contribution in [2.75, 3.05) is 20.3 Å². The van der Waals surface area contributed by atoms with Gasteiger partial charge in [-0.15, -0.1) is 0 Å². The summed E-state index contributed by atoms with van der Waals surface area (Å²) in [5.41, 5.74) is 5.33. The third-order valence-corrected chi connectivity index (χ3v) is 1.91. The molecule has 1 amide bonds. The van der Waals surface area contributed by atoms with Crippen LogP contribution in [0.2, 0.25) is 0 Å². The van der Waals surface area contributed by atoms with E-state index in [1.54, 1.807) is 7.11 Å². The van der Waals surface area contributed by atoms with Crippen LogP contribution in [0.25, 0.3) is 0 Å². The molecule has 0 aromatic carbocycles. The van der Waals surface area contributed by atoms with Crippen LogP contribution in [-0.4, -0.2) is 31.2 Å². The van der Waals surface area contributed by atoms with Gasteiger partial charge in [0.2, 0.25) is 5.91 Å². The number of unbranched alkanes of at least 4 members (excludes halogenated alkanes) is 1. The Balaban J connectivity index is 3.19. The second kappa shape index (κ2) is 8.90. The van der Waals surface area contributed by atoms with Gasteiger partial charge in [-0.3, -0.25) is 4.79 Å². The van der Waals surface area contributed by atoms with Crippen LogP contribution in [0.5, 0.6) is 0 Å². The highest BCUT2D eigenvalue weighted by molar-refractivity contribution is 7.80. The molecule has 0 saturated carbocycles. The van der Waals surface area contributed by atoms with Gasteiger partial charge in [-0.25, -0.2) is 0 Å². The van der Waals surface area contributed by atoms with Crippen LogP contribution in [-0.2, 0) is 9.53 Å². The molecule has 3 N–H and O–H groups in total. The molecule has 0 rings (SSSR count). The van der Waals surface area contributed by atoms with E-state index in [4.69, 9.17) is 22.7 Å². The first-order chi connectivity index (χ1) is 6.66. The number of nitrogens with two attached hydrogens (primary N) is 1. The SMILES string of the molecule is COCCC(=O)NCCCCC(N)=S. The van der Waals surface area contributed by atoms with E-state index in [-0.39, 0.29) is 5.91 Å². The maximum Gasteiger partial charge on any atom is 0.222 e. The number of carbonyl (C=O) groups is 1. The maximum absolute atomic E-state index is 11.1. The van der Waals surface area contributed by atoms with Crippen molar-refractivity contribution >= 4 is 23.1 Å². The lowest BCUT2D eigenvalue weighted by molar-refractivity contribution is -0.121. The molecule has 0 saturated heterocycles. The number of ether oxygens (including phenoxy) is 1. The fraction of sp³-hybridized carbons (Fsp3) is 0.778. The van der Waals surface area contributed by atoms with Crippen molar-refractivity contribution in [2.45, 2.75) is 25.7 Å². The number of hydrogen-bond donors (Lipinski definition) is 2. The van der Waals surface area contributed by atoms with Crippen molar-refractivity contribution in [1.29, 1.82) is 0 Å². The lowest BCUT2D eigenvalue weighted by atomic mass is 10.2. The van der Waals surface area contributed by atoms with Gasteiger partial charge in [-0.2, -0.15) is 0 Å². The van der Waals surface area contributed by atoms with E-state index in [9.17, 15) is 4.79 Å². The van der Waals surface area contributed by atoms with Crippen molar-refractivity contribution in [2.24, 2.45) is 5.73 Å². The van der Waals surface area contributed by atoms with Gasteiger partial charge in [-0.1, -0.05) is 12.2 Å². The van der Waals surface area contributed by atoms with Gasteiger partial charge >= 0.3 is 0 Å². The quantitative estimate of drug-likeness (QED) is 0.462. The number of hydrogen-bond acceptors (Lipinski definition) is 3. The monoisotopic (exact) mass is 218 g/mol. The van der Waals surface area contributed by atoms with Crippen LogP contribution in [0.4, 0.5) is 0 Å². The summed E-state index contributed by atoms with van der Waals surface area (Å²) in [6, 6.07) is 0. The summed E-state index contributed by atoms with van der Waals surface area (Å²) in [4.78, 5) is 11.6. The van der Waals surface area contributed by atoms with E-state index in [1.165, 1.54) is 0 Å². The molecule has 0 radical (unpaired) electrons. The van der Waals surface area contributed by atoms with E-state index < -0.39 is 0 Å². The molecule has 0 fully saturated rings. The summed E-state index contributed by atoms with van der Waals surface area (Å²) < 4.78 is 4.78. The Hall–Kier alpha value is -0.680. The lowest BCUT2D eigenvalue weighted by Gasteiger charge is -2.04. The van der Waals surface area contributed by atoms with Crippen LogP contribution in [0.15, 0.2) is 0 Å². The van der Waals surface area contributed by atoms with E-state index in [0.29, 0.717) is 24.6 Å². The fourth-order valence-corrected chi connectivity index (χ4v) is 1.08. The average molecular weight is 218 g/mol. The first kappa shape index (κ1) is 13.3. The topological polar surface area (TPSA) is 64.3 Å². The Morgan fingerprint density at radius 3 is 2.71 bits per heavy atom. The van der Waals surface area contributed by atoms with Crippen LogP contribution in [0.3, 0.4) is 0 Å². The van der Waals surface area contributed by atoms with Crippen molar-refractivity contribution in [3.8, 4) is 0 Å². The molecule has 0 spiro atoms. The number of amides is 1. The van der Waals surface area contributed by atoms with Crippen molar-refractivity contribution < 1.29 is 9.53 Å².